The van der Waals surface area contributed by atoms with Crippen LogP contribution in [0.5, 0.6) is 5.75 Å². The fourth-order valence-electron chi connectivity index (χ4n) is 2.91. The van der Waals surface area contributed by atoms with Gasteiger partial charge in [-0.15, -0.1) is 11.3 Å². The molecule has 24 heavy (non-hydrogen) atoms. The quantitative estimate of drug-likeness (QED) is 0.888. The number of carbonyl (C=O) groups excluding carboxylic acids is 2. The van der Waals surface area contributed by atoms with E-state index in [2.05, 4.69) is 0 Å². The van der Waals surface area contributed by atoms with Crippen LogP contribution in [0.15, 0.2) is 47.0 Å². The summed E-state index contributed by atoms with van der Waals surface area (Å²) in [6.45, 7) is 3.58. The first-order valence-corrected chi connectivity index (χ1v) is 8.47. The highest BCUT2D eigenvalue weighted by atomic mass is 32.1. The number of phenolic OH excluding ortho intramolecular Hbond substituents is 1. The molecule has 1 aliphatic heterocycles. The summed E-state index contributed by atoms with van der Waals surface area (Å²) in [4.78, 5) is 27.2. The number of hydrogen-bond donors (Lipinski definition) is 2. The predicted molar refractivity (Wildman–Crippen MR) is 92.3 cm³/mol. The molecule has 1 amide bonds. The van der Waals surface area contributed by atoms with Crippen molar-refractivity contribution in [1.82, 2.24) is 0 Å². The van der Waals surface area contributed by atoms with E-state index in [-0.39, 0.29) is 29.2 Å². The predicted octanol–water partition coefficient (Wildman–Crippen LogP) is 3.64. The Morgan fingerprint density at radius 2 is 1.96 bits per heavy atom. The molecule has 0 aliphatic carbocycles. The van der Waals surface area contributed by atoms with Gasteiger partial charge in [-0.2, -0.15) is 0 Å². The van der Waals surface area contributed by atoms with Gasteiger partial charge in [0, 0.05) is 11.3 Å². The van der Waals surface area contributed by atoms with Crippen molar-refractivity contribution >= 4 is 28.7 Å². The summed E-state index contributed by atoms with van der Waals surface area (Å²) < 4.78 is 0. The number of rotatable bonds is 4. The molecule has 0 saturated heterocycles. The number of ketones is 1. The van der Waals surface area contributed by atoms with Gasteiger partial charge in [-0.05, 0) is 36.1 Å². The summed E-state index contributed by atoms with van der Waals surface area (Å²) in [6, 6.07) is 7.58. The van der Waals surface area contributed by atoms with Crippen LogP contribution in [-0.4, -0.2) is 21.9 Å². The van der Waals surface area contributed by atoms with Crippen molar-refractivity contribution in [2.75, 3.05) is 4.90 Å². The molecule has 0 fully saturated rings. The Labute approximate surface area is 143 Å². The second-order valence-electron chi connectivity index (χ2n) is 5.57. The summed E-state index contributed by atoms with van der Waals surface area (Å²) in [5, 5.41) is 22.4. The van der Waals surface area contributed by atoms with Crippen molar-refractivity contribution in [1.29, 1.82) is 0 Å². The lowest BCUT2D eigenvalue weighted by Gasteiger charge is -2.26. The SMILES string of the molecule is CCC(=O)C1=C(O)C(=O)N(c2ccccc2O)C1c1sccc1C. The van der Waals surface area contributed by atoms with Gasteiger partial charge in [0.1, 0.15) is 11.8 Å². The Hall–Kier alpha value is -2.60. The van der Waals surface area contributed by atoms with Gasteiger partial charge in [0.2, 0.25) is 0 Å². The molecule has 1 unspecified atom stereocenters. The van der Waals surface area contributed by atoms with E-state index < -0.39 is 17.7 Å². The van der Waals surface area contributed by atoms with E-state index in [4.69, 9.17) is 0 Å². The minimum Gasteiger partial charge on any atom is -0.506 e. The summed E-state index contributed by atoms with van der Waals surface area (Å²) in [5.41, 5.74) is 1.29. The lowest BCUT2D eigenvalue weighted by atomic mass is 9.98. The van der Waals surface area contributed by atoms with Gasteiger partial charge in [0.05, 0.1) is 11.3 Å². The Kier molecular flexibility index (Phi) is 4.15. The van der Waals surface area contributed by atoms with E-state index in [1.165, 1.54) is 22.3 Å². The van der Waals surface area contributed by atoms with Gasteiger partial charge in [-0.25, -0.2) is 0 Å². The topological polar surface area (TPSA) is 77.8 Å². The molecule has 6 heteroatoms. The molecule has 1 atom stereocenters. The molecule has 2 heterocycles. The van der Waals surface area contributed by atoms with Crippen molar-refractivity contribution in [3.63, 3.8) is 0 Å². The van der Waals surface area contributed by atoms with Crippen molar-refractivity contribution < 1.29 is 19.8 Å². The maximum absolute atomic E-state index is 12.7. The number of phenols is 1. The monoisotopic (exact) mass is 343 g/mol. The van der Waals surface area contributed by atoms with Crippen molar-refractivity contribution in [3.05, 3.63) is 57.5 Å². The smallest absolute Gasteiger partial charge is 0.294 e. The summed E-state index contributed by atoms with van der Waals surface area (Å²) in [7, 11) is 0. The molecular weight excluding hydrogens is 326 g/mol. The zero-order valence-electron chi connectivity index (χ0n) is 13.3. The number of thiophene rings is 1. The fraction of sp³-hybridized carbons (Fsp3) is 0.222. The average Bonchev–Trinajstić information content (AvgIpc) is 3.09. The largest absolute Gasteiger partial charge is 0.506 e. The van der Waals surface area contributed by atoms with E-state index in [0.717, 1.165) is 10.4 Å². The number of Topliss-reactive ketones (excluding diaryl/α,β-unsaturated/α-hetero) is 1. The van der Waals surface area contributed by atoms with Crippen LogP contribution >= 0.6 is 11.3 Å². The van der Waals surface area contributed by atoms with E-state index >= 15 is 0 Å². The van der Waals surface area contributed by atoms with Crippen molar-refractivity contribution in [2.45, 2.75) is 26.3 Å². The highest BCUT2D eigenvalue weighted by molar-refractivity contribution is 7.10. The molecule has 0 saturated carbocycles. The molecule has 3 rings (SSSR count). The molecule has 2 N–H and O–H groups in total. The number of aromatic hydroxyl groups is 1. The third-order valence-corrected chi connectivity index (χ3v) is 5.19. The Morgan fingerprint density at radius 1 is 1.25 bits per heavy atom. The average molecular weight is 343 g/mol. The highest BCUT2D eigenvalue weighted by Crippen LogP contribution is 2.46. The Bertz CT molecular complexity index is 852. The van der Waals surface area contributed by atoms with Crippen molar-refractivity contribution in [2.24, 2.45) is 0 Å². The van der Waals surface area contributed by atoms with E-state index in [1.807, 2.05) is 18.4 Å². The first kappa shape index (κ1) is 16.3. The number of aryl methyl sites for hydroxylation is 1. The van der Waals surface area contributed by atoms with Crippen LogP contribution in [0.2, 0.25) is 0 Å². The number of carbonyl (C=O) groups is 2. The standard InChI is InChI=1S/C18H17NO4S/c1-3-12(20)14-15(17-10(2)8-9-24-17)19(18(23)16(14)22)11-6-4-5-7-13(11)21/h4-9,15,21-22H,3H2,1-2H3. The van der Waals surface area contributed by atoms with E-state index in [1.54, 1.807) is 25.1 Å². The van der Waals surface area contributed by atoms with Crippen LogP contribution in [0, 0.1) is 6.92 Å². The summed E-state index contributed by atoms with van der Waals surface area (Å²) >= 11 is 1.41. The number of amides is 1. The number of para-hydroxylation sites is 2. The number of anilines is 1. The van der Waals surface area contributed by atoms with Gasteiger partial charge in [0.15, 0.2) is 11.5 Å². The van der Waals surface area contributed by atoms with Crippen LogP contribution < -0.4 is 4.90 Å². The van der Waals surface area contributed by atoms with Crippen LogP contribution in [0.25, 0.3) is 0 Å². The first-order chi connectivity index (χ1) is 11.5. The fourth-order valence-corrected chi connectivity index (χ4v) is 3.93. The van der Waals surface area contributed by atoms with Gasteiger partial charge in [0.25, 0.3) is 5.91 Å². The molecule has 0 radical (unpaired) electrons. The second kappa shape index (κ2) is 6.13. The number of aliphatic hydroxyl groups excluding tert-OH is 1. The molecule has 0 spiro atoms. The highest BCUT2D eigenvalue weighted by Gasteiger charge is 2.45. The third-order valence-electron chi connectivity index (χ3n) is 4.12. The zero-order valence-corrected chi connectivity index (χ0v) is 14.1. The molecular formula is C18H17NO4S. The number of aliphatic hydroxyl groups is 1. The number of nitrogens with zero attached hydrogens (tertiary/aromatic N) is 1. The number of hydrogen-bond acceptors (Lipinski definition) is 5. The second-order valence-corrected chi connectivity index (χ2v) is 6.52. The normalized spacial score (nSPS) is 17.7. The van der Waals surface area contributed by atoms with Gasteiger partial charge in [-0.1, -0.05) is 19.1 Å². The molecule has 2 aromatic rings. The molecule has 124 valence electrons. The molecule has 1 aliphatic rings. The zero-order chi connectivity index (χ0) is 17.4. The van der Waals surface area contributed by atoms with Crippen LogP contribution in [-0.2, 0) is 9.59 Å². The minimum atomic E-state index is -0.724. The lowest BCUT2D eigenvalue weighted by Crippen LogP contribution is -2.30. The van der Waals surface area contributed by atoms with Crippen LogP contribution in [0.1, 0.15) is 29.8 Å². The Balaban J connectivity index is 2.23. The summed E-state index contributed by atoms with van der Waals surface area (Å²) in [5.74, 6) is -1.58. The molecule has 1 aromatic heterocycles. The number of benzene rings is 1. The lowest BCUT2D eigenvalue weighted by molar-refractivity contribution is -0.118. The van der Waals surface area contributed by atoms with E-state index in [0.29, 0.717) is 0 Å². The van der Waals surface area contributed by atoms with Gasteiger partial charge < -0.3 is 10.2 Å². The van der Waals surface area contributed by atoms with Crippen LogP contribution in [0.4, 0.5) is 5.69 Å². The maximum Gasteiger partial charge on any atom is 0.294 e. The van der Waals surface area contributed by atoms with Gasteiger partial charge in [-0.3, -0.25) is 14.5 Å². The minimum absolute atomic E-state index is 0.0805. The van der Waals surface area contributed by atoms with Crippen LogP contribution in [0.3, 0.4) is 0 Å². The molecule has 0 bridgehead atoms. The first-order valence-electron chi connectivity index (χ1n) is 7.59. The maximum atomic E-state index is 12.7. The third kappa shape index (κ3) is 2.39. The molecule has 5 nitrogen and oxygen atoms in total. The Morgan fingerprint density at radius 3 is 2.54 bits per heavy atom. The van der Waals surface area contributed by atoms with E-state index in [9.17, 15) is 19.8 Å². The molecule has 1 aromatic carbocycles. The summed E-state index contributed by atoms with van der Waals surface area (Å²) in [6.07, 6.45) is 0.183. The van der Waals surface area contributed by atoms with Crippen molar-refractivity contribution in [3.8, 4) is 5.75 Å². The van der Waals surface area contributed by atoms with Gasteiger partial charge >= 0.3 is 0 Å².